The molecule has 0 bridgehead atoms. The quantitative estimate of drug-likeness (QED) is 0.541. The van der Waals surface area contributed by atoms with Gasteiger partial charge >= 0.3 is 11.6 Å². The SMILES string of the molecule is COc1cc2oc(=O)c(C3=CC(=O)CC(C)O3)cc2c([C@@H](C)[C@@H](C)OC(C)=O)c1C. The van der Waals surface area contributed by atoms with Gasteiger partial charge in [0.1, 0.15) is 34.9 Å². The van der Waals surface area contributed by atoms with E-state index in [1.807, 2.05) is 20.8 Å². The molecule has 2 heterocycles. The molecule has 1 aromatic carbocycles. The maximum absolute atomic E-state index is 12.7. The summed E-state index contributed by atoms with van der Waals surface area (Å²) in [5, 5.41) is 0.671. The third-order valence-electron chi connectivity index (χ3n) is 5.41. The number of methoxy groups -OCH3 is 1. The van der Waals surface area contributed by atoms with Crippen molar-refractivity contribution in [1.82, 2.24) is 0 Å². The molecule has 2 aromatic rings. The monoisotopic (exact) mass is 414 g/mol. The Morgan fingerprint density at radius 2 is 1.93 bits per heavy atom. The lowest BCUT2D eigenvalue weighted by molar-refractivity contribution is -0.146. The van der Waals surface area contributed by atoms with Gasteiger partial charge in [-0.2, -0.15) is 0 Å². The lowest BCUT2D eigenvalue weighted by Crippen LogP contribution is -2.22. The Bertz CT molecular complexity index is 1090. The van der Waals surface area contributed by atoms with Gasteiger partial charge in [0.25, 0.3) is 0 Å². The van der Waals surface area contributed by atoms with Crippen LogP contribution in [0, 0.1) is 6.92 Å². The van der Waals surface area contributed by atoms with Crippen molar-refractivity contribution in [3.63, 3.8) is 0 Å². The third kappa shape index (κ3) is 4.10. The van der Waals surface area contributed by atoms with Crippen LogP contribution in [0.5, 0.6) is 5.75 Å². The van der Waals surface area contributed by atoms with Crippen LogP contribution in [0.1, 0.15) is 56.7 Å². The van der Waals surface area contributed by atoms with Gasteiger partial charge in [0.2, 0.25) is 0 Å². The molecule has 0 radical (unpaired) electrons. The van der Waals surface area contributed by atoms with Gasteiger partial charge < -0.3 is 18.6 Å². The normalized spacial score (nSPS) is 18.4. The van der Waals surface area contributed by atoms with Crippen molar-refractivity contribution in [2.75, 3.05) is 7.11 Å². The summed E-state index contributed by atoms with van der Waals surface area (Å²) < 4.78 is 22.2. The molecule has 0 aliphatic carbocycles. The first-order valence-electron chi connectivity index (χ1n) is 9.86. The zero-order chi connectivity index (χ0) is 22.2. The van der Waals surface area contributed by atoms with Crippen LogP contribution in [0.4, 0.5) is 0 Å². The van der Waals surface area contributed by atoms with Crippen molar-refractivity contribution in [3.8, 4) is 5.75 Å². The Morgan fingerprint density at radius 3 is 2.53 bits per heavy atom. The number of carbonyl (C=O) groups excluding carboxylic acids is 2. The fourth-order valence-electron chi connectivity index (χ4n) is 3.86. The smallest absolute Gasteiger partial charge is 0.347 e. The summed E-state index contributed by atoms with van der Waals surface area (Å²) in [6.07, 6.45) is 0.853. The molecule has 1 unspecified atom stereocenters. The summed E-state index contributed by atoms with van der Waals surface area (Å²) in [5.41, 5.74) is 1.60. The molecular formula is C23H26O7. The number of allylic oxidation sites excluding steroid dienone is 1. The molecule has 7 heteroatoms. The lowest BCUT2D eigenvalue weighted by atomic mass is 9.88. The molecule has 1 aliphatic rings. The Kier molecular flexibility index (Phi) is 6.01. The first kappa shape index (κ1) is 21.6. The van der Waals surface area contributed by atoms with E-state index in [-0.39, 0.29) is 41.5 Å². The third-order valence-corrected chi connectivity index (χ3v) is 5.41. The Morgan fingerprint density at radius 1 is 1.23 bits per heavy atom. The fraction of sp³-hybridized carbons (Fsp3) is 0.435. The van der Waals surface area contributed by atoms with Crippen molar-refractivity contribution in [2.45, 2.75) is 59.2 Å². The maximum Gasteiger partial charge on any atom is 0.347 e. The highest BCUT2D eigenvalue weighted by Crippen LogP contribution is 2.38. The average Bonchev–Trinajstić information content (AvgIpc) is 2.65. The van der Waals surface area contributed by atoms with Crippen LogP contribution in [0.2, 0.25) is 0 Å². The van der Waals surface area contributed by atoms with Gasteiger partial charge in [0.05, 0.1) is 7.11 Å². The molecule has 0 fully saturated rings. The van der Waals surface area contributed by atoms with Gasteiger partial charge in [-0.05, 0) is 38.0 Å². The number of hydrogen-bond acceptors (Lipinski definition) is 7. The summed E-state index contributed by atoms with van der Waals surface area (Å²) in [4.78, 5) is 36.1. The minimum atomic E-state index is -0.604. The number of rotatable bonds is 5. The van der Waals surface area contributed by atoms with E-state index in [4.69, 9.17) is 18.6 Å². The molecule has 160 valence electrons. The Labute approximate surface area is 174 Å². The topological polar surface area (TPSA) is 92.0 Å². The Balaban J connectivity index is 2.25. The predicted molar refractivity (Wildman–Crippen MR) is 112 cm³/mol. The minimum Gasteiger partial charge on any atom is -0.496 e. The van der Waals surface area contributed by atoms with Crippen LogP contribution in [0.15, 0.2) is 27.4 Å². The average molecular weight is 414 g/mol. The van der Waals surface area contributed by atoms with Crippen LogP contribution in [0.3, 0.4) is 0 Å². The summed E-state index contributed by atoms with van der Waals surface area (Å²) in [7, 11) is 1.54. The molecule has 7 nitrogen and oxygen atoms in total. The minimum absolute atomic E-state index is 0.105. The van der Waals surface area contributed by atoms with Gasteiger partial charge in [-0.15, -0.1) is 0 Å². The number of ether oxygens (including phenoxy) is 3. The molecule has 0 spiro atoms. The molecule has 0 saturated carbocycles. The first-order chi connectivity index (χ1) is 14.1. The van der Waals surface area contributed by atoms with Crippen molar-refractivity contribution in [3.05, 3.63) is 45.3 Å². The number of benzene rings is 1. The van der Waals surface area contributed by atoms with E-state index in [1.165, 1.54) is 20.1 Å². The second-order valence-corrected chi connectivity index (χ2v) is 7.69. The molecule has 1 aromatic heterocycles. The highest BCUT2D eigenvalue weighted by Gasteiger charge is 2.27. The molecule has 30 heavy (non-hydrogen) atoms. The number of ketones is 1. The number of fused-ring (bicyclic) bond motifs is 1. The van der Waals surface area contributed by atoms with Crippen molar-refractivity contribution >= 4 is 28.5 Å². The lowest BCUT2D eigenvalue weighted by Gasteiger charge is -2.25. The van der Waals surface area contributed by atoms with Crippen molar-refractivity contribution < 1.29 is 28.2 Å². The van der Waals surface area contributed by atoms with Crippen LogP contribution in [-0.4, -0.2) is 31.1 Å². The van der Waals surface area contributed by atoms with Gasteiger partial charge in [-0.3, -0.25) is 9.59 Å². The second-order valence-electron chi connectivity index (χ2n) is 7.69. The number of esters is 1. The number of carbonyl (C=O) groups is 2. The molecule has 3 atom stereocenters. The predicted octanol–water partition coefficient (Wildman–Crippen LogP) is 3.88. The zero-order valence-corrected chi connectivity index (χ0v) is 18.0. The van der Waals surface area contributed by atoms with E-state index in [0.717, 1.165) is 11.1 Å². The van der Waals surface area contributed by atoms with Crippen LogP contribution < -0.4 is 10.4 Å². The van der Waals surface area contributed by atoms with Gasteiger partial charge in [-0.1, -0.05) is 6.92 Å². The molecule has 0 N–H and O–H groups in total. The summed E-state index contributed by atoms with van der Waals surface area (Å²) in [5.74, 6) is 0.0708. The molecule has 0 amide bonds. The van der Waals surface area contributed by atoms with E-state index in [9.17, 15) is 14.4 Å². The Hall–Kier alpha value is -3.09. The molecular weight excluding hydrogens is 388 g/mol. The van der Waals surface area contributed by atoms with Crippen molar-refractivity contribution in [2.24, 2.45) is 0 Å². The standard InChI is InChI=1S/C23H26O7/c1-11-7-16(25)8-20(28-11)18-9-17-21(30-23(18)26)10-19(27-6)13(3)22(17)12(2)14(4)29-15(5)24/h8-12,14H,7H2,1-6H3/t11?,12-,14+/m0/s1. The maximum atomic E-state index is 12.7. The molecule has 0 saturated heterocycles. The largest absolute Gasteiger partial charge is 0.496 e. The summed E-state index contributed by atoms with van der Waals surface area (Å²) >= 11 is 0. The zero-order valence-electron chi connectivity index (χ0n) is 18.0. The fourth-order valence-corrected chi connectivity index (χ4v) is 3.86. The first-order valence-corrected chi connectivity index (χ1v) is 9.86. The molecule has 3 rings (SSSR count). The van der Waals surface area contributed by atoms with Crippen molar-refractivity contribution in [1.29, 1.82) is 0 Å². The van der Waals surface area contributed by atoms with E-state index in [1.54, 1.807) is 19.1 Å². The van der Waals surface area contributed by atoms with E-state index in [2.05, 4.69) is 0 Å². The highest BCUT2D eigenvalue weighted by molar-refractivity contribution is 5.98. The van der Waals surface area contributed by atoms with E-state index >= 15 is 0 Å². The van der Waals surface area contributed by atoms with E-state index < -0.39 is 11.7 Å². The van der Waals surface area contributed by atoms with Crippen LogP contribution in [-0.2, 0) is 19.1 Å². The molecule has 1 aliphatic heterocycles. The second kappa shape index (κ2) is 8.34. The number of hydrogen-bond donors (Lipinski definition) is 0. The van der Waals surface area contributed by atoms with Gasteiger partial charge in [0.15, 0.2) is 5.78 Å². The van der Waals surface area contributed by atoms with Crippen LogP contribution in [0.25, 0.3) is 16.7 Å². The highest BCUT2D eigenvalue weighted by atomic mass is 16.5. The van der Waals surface area contributed by atoms with Crippen LogP contribution >= 0.6 is 0 Å². The summed E-state index contributed by atoms with van der Waals surface area (Å²) in [6.45, 7) is 8.78. The van der Waals surface area contributed by atoms with Gasteiger partial charge in [0, 0.05) is 36.8 Å². The summed E-state index contributed by atoms with van der Waals surface area (Å²) in [6, 6.07) is 3.34. The van der Waals surface area contributed by atoms with Gasteiger partial charge in [-0.25, -0.2) is 4.79 Å². The van der Waals surface area contributed by atoms with E-state index in [0.29, 0.717) is 16.7 Å².